The Hall–Kier alpha value is -1.38. The van der Waals surface area contributed by atoms with Gasteiger partial charge in [-0.2, -0.15) is 0 Å². The van der Waals surface area contributed by atoms with Crippen LogP contribution in [0.15, 0.2) is 28.9 Å². The van der Waals surface area contributed by atoms with Gasteiger partial charge >= 0.3 is 0 Å². The zero-order chi connectivity index (χ0) is 11.0. The summed E-state index contributed by atoms with van der Waals surface area (Å²) in [5, 5.41) is 0. The third kappa shape index (κ3) is 6.17. The van der Waals surface area contributed by atoms with Crippen LogP contribution in [0, 0.1) is 0 Å². The van der Waals surface area contributed by atoms with Crippen molar-refractivity contribution in [1.82, 2.24) is 4.90 Å². The molecule has 0 N–H and O–H groups in total. The number of allylic oxidation sites excluding steroid dienone is 2. The van der Waals surface area contributed by atoms with Gasteiger partial charge in [0.2, 0.25) is 5.91 Å². The van der Waals surface area contributed by atoms with E-state index in [9.17, 15) is 4.79 Å². The van der Waals surface area contributed by atoms with Crippen molar-refractivity contribution in [2.45, 2.75) is 20.3 Å². The van der Waals surface area contributed by atoms with E-state index >= 15 is 0 Å². The molecule has 0 aliphatic carbocycles. The summed E-state index contributed by atoms with van der Waals surface area (Å²) < 4.78 is 0. The molecule has 0 saturated heterocycles. The van der Waals surface area contributed by atoms with E-state index in [1.54, 1.807) is 25.1 Å². The van der Waals surface area contributed by atoms with Crippen LogP contribution in [0.2, 0.25) is 0 Å². The normalized spacial score (nSPS) is 11.8. The average Bonchev–Trinajstić information content (AvgIpc) is 2.12. The summed E-state index contributed by atoms with van der Waals surface area (Å²) in [6, 6.07) is 0. The Labute approximate surface area is 85.8 Å². The highest BCUT2D eigenvalue weighted by Crippen LogP contribution is 1.99. The van der Waals surface area contributed by atoms with Crippen LogP contribution < -0.4 is 0 Å². The Balaban J connectivity index is 3.94. The van der Waals surface area contributed by atoms with Crippen LogP contribution in [-0.2, 0) is 4.79 Å². The predicted molar refractivity (Wildman–Crippen MR) is 60.4 cm³/mol. The van der Waals surface area contributed by atoms with E-state index in [0.29, 0.717) is 6.54 Å². The highest BCUT2D eigenvalue weighted by molar-refractivity contribution is 5.73. The van der Waals surface area contributed by atoms with E-state index in [2.05, 4.69) is 17.8 Å². The number of nitrogens with zero attached hydrogens (tertiary/aromatic N) is 2. The first kappa shape index (κ1) is 12.6. The smallest absolute Gasteiger partial charge is 0.219 e. The van der Waals surface area contributed by atoms with Crippen LogP contribution in [0.3, 0.4) is 0 Å². The summed E-state index contributed by atoms with van der Waals surface area (Å²) in [4.78, 5) is 16.2. The molecule has 0 aliphatic rings. The van der Waals surface area contributed by atoms with E-state index < -0.39 is 0 Å². The fourth-order valence-electron chi connectivity index (χ4n) is 0.955. The van der Waals surface area contributed by atoms with Gasteiger partial charge in [-0.25, -0.2) is 0 Å². The van der Waals surface area contributed by atoms with Crippen LogP contribution in [-0.4, -0.2) is 31.1 Å². The van der Waals surface area contributed by atoms with E-state index in [1.807, 2.05) is 13.0 Å². The summed E-state index contributed by atoms with van der Waals surface area (Å²) in [6.07, 6.45) is 6.49. The van der Waals surface area contributed by atoms with Crippen LogP contribution in [0.5, 0.6) is 0 Å². The van der Waals surface area contributed by atoms with Gasteiger partial charge in [0.05, 0.1) is 0 Å². The van der Waals surface area contributed by atoms with Gasteiger partial charge in [0.1, 0.15) is 0 Å². The van der Waals surface area contributed by atoms with Crippen molar-refractivity contribution in [1.29, 1.82) is 0 Å². The maximum atomic E-state index is 10.9. The van der Waals surface area contributed by atoms with Crippen LogP contribution in [0.25, 0.3) is 0 Å². The van der Waals surface area contributed by atoms with Crippen molar-refractivity contribution in [3.8, 4) is 0 Å². The van der Waals surface area contributed by atoms with Gasteiger partial charge in [-0.05, 0) is 20.1 Å². The van der Waals surface area contributed by atoms with Crippen molar-refractivity contribution < 1.29 is 4.79 Å². The molecular weight excluding hydrogens is 176 g/mol. The molecule has 0 saturated carbocycles. The van der Waals surface area contributed by atoms with E-state index in [4.69, 9.17) is 0 Å². The Morgan fingerprint density at radius 2 is 2.14 bits per heavy atom. The predicted octanol–water partition coefficient (Wildman–Crippen LogP) is 2.02. The lowest BCUT2D eigenvalue weighted by Crippen LogP contribution is -2.25. The minimum atomic E-state index is 0.0843. The molecule has 78 valence electrons. The van der Waals surface area contributed by atoms with E-state index in [-0.39, 0.29) is 5.91 Å². The van der Waals surface area contributed by atoms with Crippen molar-refractivity contribution in [2.75, 3.05) is 13.6 Å². The molecule has 3 nitrogen and oxygen atoms in total. The number of carbonyl (C=O) groups excluding carboxylic acids is 1. The summed E-state index contributed by atoms with van der Waals surface area (Å²) in [7, 11) is 1.79. The monoisotopic (exact) mass is 194 g/mol. The van der Waals surface area contributed by atoms with E-state index in [1.165, 1.54) is 5.57 Å². The molecule has 0 aliphatic heterocycles. The van der Waals surface area contributed by atoms with Gasteiger partial charge in [0, 0.05) is 26.7 Å². The van der Waals surface area contributed by atoms with Crippen LogP contribution >= 0.6 is 0 Å². The molecule has 3 heteroatoms. The first-order valence-corrected chi connectivity index (χ1v) is 4.56. The molecule has 0 aromatic rings. The molecule has 0 aromatic carbocycles. The molecule has 0 fully saturated rings. The largest absolute Gasteiger partial charge is 0.342 e. The van der Waals surface area contributed by atoms with Crippen molar-refractivity contribution >= 4 is 12.6 Å². The van der Waals surface area contributed by atoms with Crippen molar-refractivity contribution in [3.63, 3.8) is 0 Å². The molecule has 1 amide bonds. The molecule has 0 unspecified atom stereocenters. The quantitative estimate of drug-likeness (QED) is 0.487. The van der Waals surface area contributed by atoms with Crippen molar-refractivity contribution in [3.05, 3.63) is 23.9 Å². The van der Waals surface area contributed by atoms with Gasteiger partial charge < -0.3 is 4.90 Å². The van der Waals surface area contributed by atoms with Crippen molar-refractivity contribution in [2.24, 2.45) is 4.99 Å². The summed E-state index contributed by atoms with van der Waals surface area (Å²) in [6.45, 7) is 7.60. The average molecular weight is 194 g/mol. The molecular formula is C11H18N2O. The van der Waals surface area contributed by atoms with Crippen LogP contribution in [0.4, 0.5) is 0 Å². The molecule has 0 heterocycles. The summed E-state index contributed by atoms with van der Waals surface area (Å²) in [5.41, 5.74) is 1.18. The SMILES string of the molecule is C=N/C=C\C/C=C(/C)CN(C)C(C)=O. The maximum absolute atomic E-state index is 10.9. The van der Waals surface area contributed by atoms with Gasteiger partial charge in [-0.1, -0.05) is 17.7 Å². The Morgan fingerprint density at radius 1 is 1.50 bits per heavy atom. The minimum absolute atomic E-state index is 0.0843. The fourth-order valence-corrected chi connectivity index (χ4v) is 0.955. The molecule has 0 bridgehead atoms. The zero-order valence-electron chi connectivity index (χ0n) is 9.16. The lowest BCUT2D eigenvalue weighted by atomic mass is 10.2. The van der Waals surface area contributed by atoms with Gasteiger partial charge in [-0.3, -0.25) is 9.79 Å². The maximum Gasteiger partial charge on any atom is 0.219 e. The van der Waals surface area contributed by atoms with E-state index in [0.717, 1.165) is 6.42 Å². The van der Waals surface area contributed by atoms with Crippen LogP contribution in [0.1, 0.15) is 20.3 Å². The van der Waals surface area contributed by atoms with Gasteiger partial charge in [0.25, 0.3) is 0 Å². The molecule has 14 heavy (non-hydrogen) atoms. The summed E-state index contributed by atoms with van der Waals surface area (Å²) >= 11 is 0. The highest BCUT2D eigenvalue weighted by atomic mass is 16.2. The number of carbonyl (C=O) groups is 1. The standard InChI is InChI=1S/C11H18N2O/c1-10(7-5-6-8-12-3)9-13(4)11(2)14/h6-8H,3,5,9H2,1-2,4H3/b8-6-,10-7-. The molecule has 0 spiro atoms. The van der Waals surface area contributed by atoms with Gasteiger partial charge in [0.15, 0.2) is 0 Å². The first-order chi connectivity index (χ1) is 6.57. The zero-order valence-corrected chi connectivity index (χ0v) is 9.16. The molecule has 0 rings (SSSR count). The number of aliphatic imine (C=N–C) groups is 1. The lowest BCUT2D eigenvalue weighted by molar-refractivity contribution is -0.127. The highest BCUT2D eigenvalue weighted by Gasteiger charge is 2.00. The first-order valence-electron chi connectivity index (χ1n) is 4.56. The second kappa shape index (κ2) is 7.06. The number of amides is 1. The van der Waals surface area contributed by atoms with Gasteiger partial charge in [-0.15, -0.1) is 0 Å². The topological polar surface area (TPSA) is 32.7 Å². The Bertz CT molecular complexity index is 254. The second-order valence-corrected chi connectivity index (χ2v) is 3.23. The minimum Gasteiger partial charge on any atom is -0.342 e. The second-order valence-electron chi connectivity index (χ2n) is 3.23. The molecule has 0 atom stereocenters. The molecule has 0 radical (unpaired) electrons. The third-order valence-corrected chi connectivity index (χ3v) is 1.84. The Morgan fingerprint density at radius 3 is 2.64 bits per heavy atom. The fraction of sp³-hybridized carbons (Fsp3) is 0.455. The number of hydrogen-bond donors (Lipinski definition) is 0. The number of likely N-dealkylation sites (N-methyl/N-ethyl adjacent to an activating group) is 1. The third-order valence-electron chi connectivity index (χ3n) is 1.84. The number of rotatable bonds is 5. The molecule has 0 aromatic heterocycles. The number of hydrogen-bond acceptors (Lipinski definition) is 2. The summed E-state index contributed by atoms with van der Waals surface area (Å²) in [5.74, 6) is 0.0843. The lowest BCUT2D eigenvalue weighted by Gasteiger charge is -2.14. The Kier molecular flexibility index (Phi) is 6.37.